The number of aryl methyl sites for hydroxylation is 2. The minimum atomic E-state index is -1.24. The van der Waals surface area contributed by atoms with Crippen molar-refractivity contribution >= 4 is 23.4 Å². The number of rotatable bonds is 6. The first-order chi connectivity index (χ1) is 17.6. The number of carbonyl (C=O) groups is 3. The van der Waals surface area contributed by atoms with Crippen molar-refractivity contribution in [3.63, 3.8) is 0 Å². The summed E-state index contributed by atoms with van der Waals surface area (Å²) < 4.78 is 6.81. The predicted octanol–water partition coefficient (Wildman–Crippen LogP) is 2.37. The van der Waals surface area contributed by atoms with E-state index in [-0.39, 0.29) is 24.3 Å². The van der Waals surface area contributed by atoms with Gasteiger partial charge < -0.3 is 24.5 Å². The zero-order valence-corrected chi connectivity index (χ0v) is 22.1. The van der Waals surface area contributed by atoms with Crippen LogP contribution in [0.4, 0.5) is 5.69 Å². The summed E-state index contributed by atoms with van der Waals surface area (Å²) in [4.78, 5) is 47.3. The molecule has 37 heavy (non-hydrogen) atoms. The van der Waals surface area contributed by atoms with E-state index in [2.05, 4.69) is 0 Å². The number of amides is 3. The van der Waals surface area contributed by atoms with Crippen molar-refractivity contribution in [3.05, 3.63) is 53.6 Å². The maximum absolute atomic E-state index is 14.5. The third kappa shape index (κ3) is 3.92. The highest BCUT2D eigenvalue weighted by Gasteiger charge is 2.74. The molecule has 0 bridgehead atoms. The smallest absolute Gasteiger partial charge is 0.253 e. The average Bonchev–Trinajstić information content (AvgIpc) is 3.13. The van der Waals surface area contributed by atoms with Crippen molar-refractivity contribution in [2.75, 3.05) is 38.2 Å². The van der Waals surface area contributed by atoms with Gasteiger partial charge in [-0.25, -0.2) is 0 Å². The highest BCUT2D eigenvalue weighted by atomic mass is 16.5. The second-order valence-electron chi connectivity index (χ2n) is 11.1. The van der Waals surface area contributed by atoms with E-state index in [0.717, 1.165) is 23.2 Å². The maximum Gasteiger partial charge on any atom is 0.253 e. The summed E-state index contributed by atoms with van der Waals surface area (Å²) in [5, 5.41) is 9.24. The quantitative estimate of drug-likeness (QED) is 0.472. The van der Waals surface area contributed by atoms with Crippen LogP contribution in [-0.2, 0) is 19.1 Å². The minimum Gasteiger partial charge on any atom is -0.396 e. The molecular weight excluding hydrogens is 470 g/mol. The molecule has 2 saturated heterocycles. The largest absolute Gasteiger partial charge is 0.396 e. The van der Waals surface area contributed by atoms with Gasteiger partial charge in [-0.1, -0.05) is 36.4 Å². The number of hydrogen-bond acceptors (Lipinski definition) is 5. The molecule has 4 heterocycles. The van der Waals surface area contributed by atoms with Gasteiger partial charge in [-0.2, -0.15) is 0 Å². The molecule has 1 spiro atoms. The number of ether oxygens (including phenoxy) is 1. The molecule has 8 nitrogen and oxygen atoms in total. The Labute approximate surface area is 218 Å². The lowest BCUT2D eigenvalue weighted by Crippen LogP contribution is -2.56. The fraction of sp³-hybridized carbons (Fsp3) is 0.552. The zero-order chi connectivity index (χ0) is 26.5. The Morgan fingerprint density at radius 3 is 2.49 bits per heavy atom. The fourth-order valence-electron chi connectivity index (χ4n) is 6.68. The summed E-state index contributed by atoms with van der Waals surface area (Å²) in [6.45, 7) is 7.10. The molecule has 5 atom stereocenters. The number of aliphatic hydroxyl groups excluding tert-OH is 1. The summed E-state index contributed by atoms with van der Waals surface area (Å²) in [6.07, 6.45) is 9.64. The van der Waals surface area contributed by atoms with E-state index in [0.29, 0.717) is 32.5 Å². The van der Waals surface area contributed by atoms with Gasteiger partial charge in [0.1, 0.15) is 11.6 Å². The van der Waals surface area contributed by atoms with Crippen molar-refractivity contribution in [3.8, 4) is 0 Å². The Balaban J connectivity index is 1.62. The van der Waals surface area contributed by atoms with Crippen LogP contribution in [0.5, 0.6) is 0 Å². The lowest BCUT2D eigenvalue weighted by Gasteiger charge is -2.37. The van der Waals surface area contributed by atoms with E-state index in [1.807, 2.05) is 63.3 Å². The van der Waals surface area contributed by atoms with Crippen molar-refractivity contribution in [1.29, 1.82) is 0 Å². The SMILES string of the molecule is Cc1ccc(C)c(N2CC=C[C@]34O[C@@]5(C)C=CCN(C)C(=O)[C@H]5[C@H]3C(=O)N(CCCCCO)C4C2=O)c1. The molecule has 3 amide bonds. The first kappa shape index (κ1) is 25.7. The third-order valence-electron chi connectivity index (χ3n) is 8.47. The maximum atomic E-state index is 14.5. The van der Waals surface area contributed by atoms with Gasteiger partial charge in [-0.05, 0) is 57.2 Å². The Hall–Kier alpha value is -2.97. The standard InChI is InChI=1S/C29H37N3O5/c1-19-10-11-20(2)21(18-19)31-16-9-13-29-23(22-25(34)30(4)14-8-12-28(22,3)37-29)26(35)32(24(29)27(31)36)15-6-5-7-17-33/h8-13,18,22-24,33H,5-7,14-17H2,1-4H3/t22-,23+,24?,28+,29+/m1/s1. The Morgan fingerprint density at radius 1 is 0.973 bits per heavy atom. The molecule has 0 radical (unpaired) electrons. The monoisotopic (exact) mass is 507 g/mol. The molecule has 5 rings (SSSR count). The molecule has 0 aliphatic carbocycles. The molecule has 1 N–H and O–H groups in total. The molecule has 4 aliphatic rings. The average molecular weight is 508 g/mol. The molecule has 1 unspecified atom stereocenters. The fourth-order valence-corrected chi connectivity index (χ4v) is 6.68. The highest BCUT2D eigenvalue weighted by molar-refractivity contribution is 6.06. The molecule has 2 fully saturated rings. The number of nitrogens with zero attached hydrogens (tertiary/aromatic N) is 3. The lowest BCUT2D eigenvalue weighted by molar-refractivity contribution is -0.148. The number of benzene rings is 1. The molecule has 1 aromatic carbocycles. The first-order valence-corrected chi connectivity index (χ1v) is 13.2. The minimum absolute atomic E-state index is 0.0860. The second-order valence-corrected chi connectivity index (χ2v) is 11.1. The molecule has 0 saturated carbocycles. The Kier molecular flexibility index (Phi) is 6.52. The summed E-state index contributed by atoms with van der Waals surface area (Å²) in [7, 11) is 1.74. The van der Waals surface area contributed by atoms with Gasteiger partial charge in [-0.3, -0.25) is 14.4 Å². The van der Waals surface area contributed by atoms with Crippen LogP contribution in [0.1, 0.15) is 37.3 Å². The van der Waals surface area contributed by atoms with Crippen molar-refractivity contribution in [2.24, 2.45) is 11.8 Å². The summed E-state index contributed by atoms with van der Waals surface area (Å²) >= 11 is 0. The van der Waals surface area contributed by atoms with E-state index in [4.69, 9.17) is 4.74 Å². The number of carbonyl (C=O) groups excluding carboxylic acids is 3. The van der Waals surface area contributed by atoms with E-state index in [1.54, 1.807) is 21.7 Å². The van der Waals surface area contributed by atoms with Crippen LogP contribution in [0.25, 0.3) is 0 Å². The predicted molar refractivity (Wildman–Crippen MR) is 140 cm³/mol. The first-order valence-electron chi connectivity index (χ1n) is 13.2. The highest BCUT2D eigenvalue weighted by Crippen LogP contribution is 2.57. The summed E-state index contributed by atoms with van der Waals surface area (Å²) in [5.74, 6) is -2.06. The summed E-state index contributed by atoms with van der Waals surface area (Å²) in [6, 6.07) is 5.14. The normalized spacial score (nSPS) is 32.9. The van der Waals surface area contributed by atoms with E-state index < -0.39 is 29.1 Å². The Bertz CT molecular complexity index is 1180. The molecule has 0 aromatic heterocycles. The van der Waals surface area contributed by atoms with E-state index >= 15 is 0 Å². The number of fused-ring (bicyclic) bond motifs is 2. The third-order valence-corrected chi connectivity index (χ3v) is 8.47. The summed E-state index contributed by atoms with van der Waals surface area (Å²) in [5.41, 5.74) is 0.598. The number of aliphatic hydroxyl groups is 1. The van der Waals surface area contributed by atoms with Gasteiger partial charge in [0.15, 0.2) is 0 Å². The number of likely N-dealkylation sites (N-methyl/N-ethyl adjacent to an activating group) is 1. The van der Waals surface area contributed by atoms with Crippen LogP contribution >= 0.6 is 0 Å². The van der Waals surface area contributed by atoms with Gasteiger partial charge in [0.05, 0.1) is 17.4 Å². The van der Waals surface area contributed by atoms with Crippen LogP contribution in [-0.4, -0.2) is 83.2 Å². The topological polar surface area (TPSA) is 90.4 Å². The van der Waals surface area contributed by atoms with Crippen LogP contribution < -0.4 is 4.90 Å². The van der Waals surface area contributed by atoms with Crippen LogP contribution in [0.15, 0.2) is 42.5 Å². The van der Waals surface area contributed by atoms with Crippen LogP contribution in [0.2, 0.25) is 0 Å². The van der Waals surface area contributed by atoms with E-state index in [9.17, 15) is 19.5 Å². The van der Waals surface area contributed by atoms with Crippen molar-refractivity contribution in [1.82, 2.24) is 9.80 Å². The molecule has 1 aromatic rings. The van der Waals surface area contributed by atoms with Crippen LogP contribution in [0.3, 0.4) is 0 Å². The lowest BCUT2D eigenvalue weighted by atomic mass is 9.74. The van der Waals surface area contributed by atoms with Gasteiger partial charge in [0.25, 0.3) is 5.91 Å². The number of unbranched alkanes of at least 4 members (excludes halogenated alkanes) is 2. The number of likely N-dealkylation sites (tertiary alicyclic amines) is 1. The molecule has 8 heteroatoms. The van der Waals surface area contributed by atoms with Crippen molar-refractivity contribution in [2.45, 2.75) is 57.3 Å². The van der Waals surface area contributed by atoms with Gasteiger partial charge in [0.2, 0.25) is 11.8 Å². The van der Waals surface area contributed by atoms with Gasteiger partial charge in [0, 0.05) is 39.0 Å². The number of anilines is 1. The van der Waals surface area contributed by atoms with E-state index in [1.165, 1.54) is 0 Å². The Morgan fingerprint density at radius 2 is 1.73 bits per heavy atom. The van der Waals surface area contributed by atoms with Crippen LogP contribution in [0, 0.1) is 25.7 Å². The molecule has 198 valence electrons. The zero-order valence-electron chi connectivity index (χ0n) is 22.1. The second kappa shape index (κ2) is 9.40. The van der Waals surface area contributed by atoms with Gasteiger partial charge >= 0.3 is 0 Å². The van der Waals surface area contributed by atoms with Crippen molar-refractivity contribution < 1.29 is 24.2 Å². The molecular formula is C29H37N3O5. The van der Waals surface area contributed by atoms with Gasteiger partial charge in [-0.15, -0.1) is 0 Å². The molecule has 4 aliphatic heterocycles. The number of hydrogen-bond donors (Lipinski definition) is 1.